The Morgan fingerprint density at radius 2 is 1.84 bits per heavy atom. The Kier molecular flexibility index (Phi) is 6.20. The van der Waals surface area contributed by atoms with Crippen molar-refractivity contribution in [3.8, 4) is 5.75 Å². The summed E-state index contributed by atoms with van der Waals surface area (Å²) in [5.41, 5.74) is -0.701. The number of hydrogen-bond donors (Lipinski definition) is 0. The van der Waals surface area contributed by atoms with Crippen molar-refractivity contribution >= 4 is 27.3 Å². The van der Waals surface area contributed by atoms with Crippen LogP contribution in [0.15, 0.2) is 18.2 Å². The largest absolute Gasteiger partial charge is 0.487 e. The van der Waals surface area contributed by atoms with Crippen LogP contribution in [0.4, 0.5) is 11.4 Å². The van der Waals surface area contributed by atoms with E-state index in [9.17, 15) is 20.2 Å². The van der Waals surface area contributed by atoms with Crippen LogP contribution in [0.1, 0.15) is 19.3 Å². The maximum atomic E-state index is 10.8. The van der Waals surface area contributed by atoms with Crippen LogP contribution in [-0.4, -0.2) is 21.8 Å². The zero-order chi connectivity index (χ0) is 14.3. The summed E-state index contributed by atoms with van der Waals surface area (Å²) in [5.74, 6) is 0.0643. The summed E-state index contributed by atoms with van der Waals surface area (Å²) >= 11 is 3.30. The maximum Gasteiger partial charge on any atom is 0.317 e. The van der Waals surface area contributed by atoms with Crippen molar-refractivity contribution in [2.24, 2.45) is 0 Å². The van der Waals surface area contributed by atoms with Gasteiger partial charge >= 0.3 is 5.69 Å². The van der Waals surface area contributed by atoms with E-state index in [1.54, 1.807) is 0 Å². The molecule has 0 spiro atoms. The zero-order valence-corrected chi connectivity index (χ0v) is 11.7. The van der Waals surface area contributed by atoms with Crippen LogP contribution in [0, 0.1) is 20.2 Å². The van der Waals surface area contributed by atoms with Crippen molar-refractivity contribution in [3.05, 3.63) is 38.4 Å². The summed E-state index contributed by atoms with van der Waals surface area (Å²) in [5, 5.41) is 22.3. The van der Waals surface area contributed by atoms with Crippen molar-refractivity contribution in [1.29, 1.82) is 0 Å². The molecule has 7 nitrogen and oxygen atoms in total. The molecule has 0 amide bonds. The molecule has 0 unspecified atom stereocenters. The first-order chi connectivity index (χ1) is 9.06. The molecule has 1 aromatic rings. The molecule has 0 bridgehead atoms. The van der Waals surface area contributed by atoms with Gasteiger partial charge in [-0.05, 0) is 25.3 Å². The molecule has 0 heterocycles. The number of unbranched alkanes of at least 4 members (excludes halogenated alkanes) is 2. The molecule has 0 atom stereocenters. The smallest absolute Gasteiger partial charge is 0.317 e. The first kappa shape index (κ1) is 15.4. The Morgan fingerprint density at radius 1 is 1.11 bits per heavy atom. The molecule has 104 valence electrons. The summed E-state index contributed by atoms with van der Waals surface area (Å²) in [6.45, 7) is 0.353. The van der Waals surface area contributed by atoms with Crippen molar-refractivity contribution in [1.82, 2.24) is 0 Å². The van der Waals surface area contributed by atoms with Gasteiger partial charge < -0.3 is 4.74 Å². The van der Waals surface area contributed by atoms with Crippen LogP contribution in [0.5, 0.6) is 5.75 Å². The molecular formula is C11H13BrN2O5. The van der Waals surface area contributed by atoms with Gasteiger partial charge in [0, 0.05) is 11.4 Å². The van der Waals surface area contributed by atoms with Crippen molar-refractivity contribution in [3.63, 3.8) is 0 Å². The first-order valence-corrected chi connectivity index (χ1v) is 6.80. The molecule has 0 saturated carbocycles. The molecular weight excluding hydrogens is 320 g/mol. The number of ether oxygens (including phenoxy) is 1. The van der Waals surface area contributed by atoms with E-state index in [0.29, 0.717) is 6.61 Å². The molecule has 8 heteroatoms. The highest BCUT2D eigenvalue weighted by atomic mass is 79.9. The topological polar surface area (TPSA) is 95.5 Å². The Morgan fingerprint density at radius 3 is 2.42 bits per heavy atom. The molecule has 0 radical (unpaired) electrons. The van der Waals surface area contributed by atoms with E-state index >= 15 is 0 Å². The van der Waals surface area contributed by atoms with E-state index in [0.717, 1.165) is 30.7 Å². The lowest BCUT2D eigenvalue weighted by Gasteiger charge is -2.06. The highest BCUT2D eigenvalue weighted by Crippen LogP contribution is 2.31. The lowest BCUT2D eigenvalue weighted by atomic mass is 10.2. The molecule has 0 saturated heterocycles. The zero-order valence-electron chi connectivity index (χ0n) is 10.1. The number of rotatable bonds is 8. The third-order valence-corrected chi connectivity index (χ3v) is 2.95. The summed E-state index contributed by atoms with van der Waals surface area (Å²) in [4.78, 5) is 20.0. The van der Waals surface area contributed by atoms with Gasteiger partial charge in [0.25, 0.3) is 5.69 Å². The number of hydrogen-bond acceptors (Lipinski definition) is 5. The van der Waals surface area contributed by atoms with E-state index in [2.05, 4.69) is 15.9 Å². The molecule has 0 aliphatic heterocycles. The lowest BCUT2D eigenvalue weighted by Crippen LogP contribution is -2.01. The lowest BCUT2D eigenvalue weighted by molar-refractivity contribution is -0.394. The fourth-order valence-corrected chi connectivity index (χ4v) is 1.84. The van der Waals surface area contributed by atoms with E-state index < -0.39 is 9.85 Å². The number of nitro groups is 2. The number of alkyl halides is 1. The van der Waals surface area contributed by atoms with Gasteiger partial charge in [0.05, 0.1) is 22.5 Å². The highest BCUT2D eigenvalue weighted by molar-refractivity contribution is 9.09. The maximum absolute atomic E-state index is 10.8. The van der Waals surface area contributed by atoms with Crippen molar-refractivity contribution < 1.29 is 14.6 Å². The van der Waals surface area contributed by atoms with Gasteiger partial charge in [-0.1, -0.05) is 15.9 Å². The van der Waals surface area contributed by atoms with Crippen LogP contribution in [0.25, 0.3) is 0 Å². The van der Waals surface area contributed by atoms with Crippen LogP contribution in [0.2, 0.25) is 0 Å². The summed E-state index contributed by atoms with van der Waals surface area (Å²) in [7, 11) is 0. The van der Waals surface area contributed by atoms with Gasteiger partial charge in [0.15, 0.2) is 5.75 Å². The Balaban J connectivity index is 2.71. The number of nitrogens with zero attached hydrogens (tertiary/aromatic N) is 2. The van der Waals surface area contributed by atoms with E-state index in [-0.39, 0.29) is 17.1 Å². The molecule has 0 N–H and O–H groups in total. The Bertz CT molecular complexity index is 466. The van der Waals surface area contributed by atoms with Crippen LogP contribution in [-0.2, 0) is 0 Å². The SMILES string of the molecule is O=[N+]([O-])c1ccc(OCCCCCBr)c([N+](=O)[O-])c1. The summed E-state index contributed by atoms with van der Waals surface area (Å²) in [6.07, 6.45) is 2.73. The highest BCUT2D eigenvalue weighted by Gasteiger charge is 2.20. The van der Waals surface area contributed by atoms with Crippen molar-refractivity contribution in [2.75, 3.05) is 11.9 Å². The summed E-state index contributed by atoms with van der Waals surface area (Å²) < 4.78 is 5.30. The first-order valence-electron chi connectivity index (χ1n) is 5.68. The average molecular weight is 333 g/mol. The number of nitro benzene ring substituents is 2. The minimum Gasteiger partial charge on any atom is -0.487 e. The van der Waals surface area contributed by atoms with Gasteiger partial charge in [-0.15, -0.1) is 0 Å². The second-order valence-electron chi connectivity index (χ2n) is 3.76. The predicted octanol–water partition coefficient (Wildman–Crippen LogP) is 3.45. The van der Waals surface area contributed by atoms with Crippen molar-refractivity contribution in [2.45, 2.75) is 19.3 Å². The van der Waals surface area contributed by atoms with Gasteiger partial charge in [-0.3, -0.25) is 20.2 Å². The van der Waals surface area contributed by atoms with E-state index in [1.165, 1.54) is 12.1 Å². The van der Waals surface area contributed by atoms with Gasteiger partial charge in [-0.2, -0.15) is 0 Å². The third-order valence-electron chi connectivity index (χ3n) is 2.39. The quantitative estimate of drug-likeness (QED) is 0.314. The molecule has 1 rings (SSSR count). The van der Waals surface area contributed by atoms with Gasteiger partial charge in [0.2, 0.25) is 0 Å². The van der Waals surface area contributed by atoms with Gasteiger partial charge in [-0.25, -0.2) is 0 Å². The minimum atomic E-state index is -0.680. The molecule has 0 aliphatic rings. The van der Waals surface area contributed by atoms with E-state index in [4.69, 9.17) is 4.74 Å². The van der Waals surface area contributed by atoms with Crippen LogP contribution in [0.3, 0.4) is 0 Å². The van der Waals surface area contributed by atoms with E-state index in [1.807, 2.05) is 0 Å². The number of halogens is 1. The molecule has 19 heavy (non-hydrogen) atoms. The fourth-order valence-electron chi connectivity index (χ4n) is 1.44. The normalized spacial score (nSPS) is 10.2. The fraction of sp³-hybridized carbons (Fsp3) is 0.455. The average Bonchev–Trinajstić information content (AvgIpc) is 2.38. The van der Waals surface area contributed by atoms with Gasteiger partial charge in [0.1, 0.15) is 0 Å². The molecule has 0 aliphatic carbocycles. The monoisotopic (exact) mass is 332 g/mol. The Labute approximate surface area is 118 Å². The predicted molar refractivity (Wildman–Crippen MR) is 72.9 cm³/mol. The standard InChI is InChI=1S/C11H13BrN2O5/c12-6-2-1-3-7-19-11-5-4-9(13(15)16)8-10(11)14(17)18/h4-5,8H,1-3,6-7H2. The minimum absolute atomic E-state index is 0.0643. The molecule has 1 aromatic carbocycles. The second kappa shape index (κ2) is 7.67. The Hall–Kier alpha value is -1.70. The molecule has 0 fully saturated rings. The van der Waals surface area contributed by atoms with Crippen LogP contribution < -0.4 is 4.74 Å². The second-order valence-corrected chi connectivity index (χ2v) is 4.56. The number of non-ortho nitro benzene ring substituents is 1. The molecule has 0 aromatic heterocycles. The summed E-state index contributed by atoms with van der Waals surface area (Å²) in [6, 6.07) is 3.37. The number of benzene rings is 1. The third kappa shape index (κ3) is 4.82. The van der Waals surface area contributed by atoms with Crippen LogP contribution >= 0.6 is 15.9 Å².